The van der Waals surface area contributed by atoms with Crippen LogP contribution in [0.2, 0.25) is 0 Å². The van der Waals surface area contributed by atoms with Gasteiger partial charge < -0.3 is 14.4 Å². The van der Waals surface area contributed by atoms with Crippen molar-refractivity contribution in [1.82, 2.24) is 9.88 Å². The Morgan fingerprint density at radius 2 is 1.61 bits per heavy atom. The van der Waals surface area contributed by atoms with Crippen LogP contribution in [0.4, 0.5) is 18.3 Å². The predicted octanol–water partition coefficient (Wildman–Crippen LogP) is 4.54. The third-order valence-electron chi connectivity index (χ3n) is 4.61. The molecule has 0 aliphatic heterocycles. The molecular formula is C21H22F3N3O3S. The molecule has 0 aliphatic carbocycles. The zero-order valence-electron chi connectivity index (χ0n) is 17.5. The number of hydrogen-bond acceptors (Lipinski definition) is 6. The third-order valence-corrected chi connectivity index (χ3v) is 5.70. The number of rotatable bonds is 7. The number of amides is 1. The first-order valence-corrected chi connectivity index (χ1v) is 10.1. The second-order valence-electron chi connectivity index (χ2n) is 6.98. The Morgan fingerprint density at radius 1 is 1.00 bits per heavy atom. The van der Waals surface area contributed by atoms with Crippen LogP contribution in [0.3, 0.4) is 0 Å². The minimum absolute atomic E-state index is 0.143. The van der Waals surface area contributed by atoms with Gasteiger partial charge in [0.1, 0.15) is 21.7 Å². The van der Waals surface area contributed by atoms with Gasteiger partial charge >= 0.3 is 6.18 Å². The Kier molecular flexibility index (Phi) is 6.71. The van der Waals surface area contributed by atoms with E-state index in [9.17, 15) is 18.0 Å². The quantitative estimate of drug-likeness (QED) is 0.526. The van der Waals surface area contributed by atoms with Gasteiger partial charge in [0.2, 0.25) is 0 Å². The molecule has 31 heavy (non-hydrogen) atoms. The molecule has 0 aliphatic rings. The number of thiazole rings is 1. The predicted molar refractivity (Wildman–Crippen MR) is 114 cm³/mol. The molecule has 3 rings (SSSR count). The fourth-order valence-electron chi connectivity index (χ4n) is 2.93. The number of alkyl halides is 3. The standard InChI is InChI=1S/C21H22F3N3O3S/c1-26(2)11-12-27(19(28)13-5-7-14(8-6-13)21(22,23)24)20-25-17-15(29-3)9-10-16(30-4)18(17)31-20/h5-10H,11-12H2,1-4H3. The van der Waals surface area contributed by atoms with Crippen LogP contribution in [0.5, 0.6) is 11.5 Å². The van der Waals surface area contributed by atoms with Crippen molar-refractivity contribution in [1.29, 1.82) is 0 Å². The summed E-state index contributed by atoms with van der Waals surface area (Å²) in [6.45, 7) is 0.841. The van der Waals surface area contributed by atoms with Gasteiger partial charge in [0.25, 0.3) is 5.91 Å². The number of carbonyl (C=O) groups excluding carboxylic acids is 1. The van der Waals surface area contributed by atoms with E-state index in [2.05, 4.69) is 4.98 Å². The zero-order valence-corrected chi connectivity index (χ0v) is 18.3. The number of likely N-dealkylation sites (N-methyl/N-ethyl adjacent to an activating group) is 1. The van der Waals surface area contributed by atoms with E-state index in [0.717, 1.165) is 12.1 Å². The van der Waals surface area contributed by atoms with Crippen LogP contribution in [0, 0.1) is 0 Å². The third kappa shape index (κ3) is 4.91. The maximum atomic E-state index is 13.2. The van der Waals surface area contributed by atoms with Gasteiger partial charge in [0, 0.05) is 18.7 Å². The first-order chi connectivity index (χ1) is 14.7. The van der Waals surface area contributed by atoms with E-state index in [4.69, 9.17) is 9.47 Å². The molecule has 166 valence electrons. The summed E-state index contributed by atoms with van der Waals surface area (Å²) in [7, 11) is 6.80. The molecule has 10 heteroatoms. The largest absolute Gasteiger partial charge is 0.495 e. The summed E-state index contributed by atoms with van der Waals surface area (Å²) >= 11 is 1.26. The van der Waals surface area contributed by atoms with Crippen LogP contribution in [0.1, 0.15) is 15.9 Å². The van der Waals surface area contributed by atoms with Gasteiger partial charge in [-0.1, -0.05) is 11.3 Å². The number of anilines is 1. The van der Waals surface area contributed by atoms with E-state index in [1.807, 2.05) is 19.0 Å². The molecule has 0 radical (unpaired) electrons. The van der Waals surface area contributed by atoms with Crippen molar-refractivity contribution in [3.8, 4) is 11.5 Å². The Bertz CT molecular complexity index is 1020. The minimum atomic E-state index is -4.47. The van der Waals surface area contributed by atoms with Crippen molar-refractivity contribution in [3.63, 3.8) is 0 Å². The number of carbonyl (C=O) groups is 1. The highest BCUT2D eigenvalue weighted by molar-refractivity contribution is 7.22. The Hall–Kier alpha value is -2.85. The molecule has 0 N–H and O–H groups in total. The lowest BCUT2D eigenvalue weighted by atomic mass is 10.1. The lowest BCUT2D eigenvalue weighted by Crippen LogP contribution is -2.36. The Morgan fingerprint density at radius 3 is 2.16 bits per heavy atom. The summed E-state index contributed by atoms with van der Waals surface area (Å²) < 4.78 is 50.1. The molecule has 0 bridgehead atoms. The maximum absolute atomic E-state index is 13.2. The highest BCUT2D eigenvalue weighted by Gasteiger charge is 2.31. The summed E-state index contributed by atoms with van der Waals surface area (Å²) in [5.41, 5.74) is -0.111. The van der Waals surface area contributed by atoms with Crippen LogP contribution in [0.15, 0.2) is 36.4 Å². The first kappa shape index (κ1) is 22.8. The van der Waals surface area contributed by atoms with Crippen LogP contribution in [-0.4, -0.2) is 57.2 Å². The molecule has 0 atom stereocenters. The normalized spacial score (nSPS) is 11.7. The molecular weight excluding hydrogens is 431 g/mol. The summed E-state index contributed by atoms with van der Waals surface area (Å²) in [6.07, 6.45) is -4.47. The molecule has 2 aromatic carbocycles. The Balaban J connectivity index is 2.04. The van der Waals surface area contributed by atoms with Crippen LogP contribution < -0.4 is 14.4 Å². The lowest BCUT2D eigenvalue weighted by Gasteiger charge is -2.22. The molecule has 0 fully saturated rings. The van der Waals surface area contributed by atoms with Gasteiger partial charge in [-0.25, -0.2) is 4.98 Å². The summed E-state index contributed by atoms with van der Waals surface area (Å²) in [5.74, 6) is 0.689. The molecule has 0 unspecified atom stereocenters. The second kappa shape index (κ2) is 9.11. The van der Waals surface area contributed by atoms with Gasteiger partial charge in [-0.2, -0.15) is 13.2 Å². The van der Waals surface area contributed by atoms with Crippen molar-refractivity contribution in [2.24, 2.45) is 0 Å². The van der Waals surface area contributed by atoms with E-state index in [-0.39, 0.29) is 5.56 Å². The molecule has 0 saturated heterocycles. The molecule has 0 saturated carbocycles. The van der Waals surface area contributed by atoms with Crippen LogP contribution in [-0.2, 0) is 6.18 Å². The fourth-order valence-corrected chi connectivity index (χ4v) is 4.03. The smallest absolute Gasteiger partial charge is 0.416 e. The lowest BCUT2D eigenvalue weighted by molar-refractivity contribution is -0.137. The summed E-state index contributed by atoms with van der Waals surface area (Å²) in [6, 6.07) is 7.66. The van der Waals surface area contributed by atoms with Crippen molar-refractivity contribution in [3.05, 3.63) is 47.5 Å². The van der Waals surface area contributed by atoms with Gasteiger partial charge in [-0.15, -0.1) is 0 Å². The number of fused-ring (bicyclic) bond motifs is 1. The number of ether oxygens (including phenoxy) is 2. The molecule has 1 amide bonds. The highest BCUT2D eigenvalue weighted by atomic mass is 32.1. The number of benzene rings is 2. The molecule has 6 nitrogen and oxygen atoms in total. The number of methoxy groups -OCH3 is 2. The minimum Gasteiger partial charge on any atom is -0.495 e. The van der Waals surface area contributed by atoms with Gasteiger partial charge in [0.15, 0.2) is 5.13 Å². The van der Waals surface area contributed by atoms with Gasteiger partial charge in [-0.05, 0) is 50.5 Å². The monoisotopic (exact) mass is 453 g/mol. The first-order valence-electron chi connectivity index (χ1n) is 9.31. The van der Waals surface area contributed by atoms with E-state index < -0.39 is 17.6 Å². The molecule has 1 aromatic heterocycles. The maximum Gasteiger partial charge on any atom is 0.416 e. The molecule has 0 spiro atoms. The SMILES string of the molecule is COc1ccc(OC)c2sc(N(CCN(C)C)C(=O)c3ccc(C(F)(F)F)cc3)nc12. The molecule has 1 heterocycles. The van der Waals surface area contributed by atoms with E-state index in [1.54, 1.807) is 12.1 Å². The van der Waals surface area contributed by atoms with Crippen molar-refractivity contribution in [2.75, 3.05) is 46.3 Å². The average molecular weight is 453 g/mol. The van der Waals surface area contributed by atoms with E-state index >= 15 is 0 Å². The highest BCUT2D eigenvalue weighted by Crippen LogP contribution is 2.40. The topological polar surface area (TPSA) is 54.9 Å². The second-order valence-corrected chi connectivity index (χ2v) is 7.96. The van der Waals surface area contributed by atoms with E-state index in [1.165, 1.54) is 42.6 Å². The average Bonchev–Trinajstić information content (AvgIpc) is 3.17. The summed E-state index contributed by atoms with van der Waals surface area (Å²) in [4.78, 5) is 21.2. The number of halogens is 3. The molecule has 3 aromatic rings. The number of aromatic nitrogens is 1. The van der Waals surface area contributed by atoms with Crippen LogP contribution in [0.25, 0.3) is 10.2 Å². The van der Waals surface area contributed by atoms with Gasteiger partial charge in [0.05, 0.1) is 19.8 Å². The van der Waals surface area contributed by atoms with E-state index in [0.29, 0.717) is 39.9 Å². The van der Waals surface area contributed by atoms with Crippen molar-refractivity contribution in [2.45, 2.75) is 6.18 Å². The fraction of sp³-hybridized carbons (Fsp3) is 0.333. The zero-order chi connectivity index (χ0) is 22.8. The number of hydrogen-bond donors (Lipinski definition) is 0. The Labute approximate surface area is 181 Å². The van der Waals surface area contributed by atoms with Crippen molar-refractivity contribution < 1.29 is 27.4 Å². The number of nitrogens with zero attached hydrogens (tertiary/aromatic N) is 3. The summed E-state index contributed by atoms with van der Waals surface area (Å²) in [5, 5.41) is 0.407. The van der Waals surface area contributed by atoms with Crippen LogP contribution >= 0.6 is 11.3 Å². The van der Waals surface area contributed by atoms with Gasteiger partial charge in [-0.3, -0.25) is 9.69 Å². The van der Waals surface area contributed by atoms with Crippen molar-refractivity contribution >= 4 is 32.6 Å².